The van der Waals surface area contributed by atoms with Crippen LogP contribution in [0.25, 0.3) is 0 Å². The lowest BCUT2D eigenvalue weighted by Gasteiger charge is -2.21. The number of ether oxygens (including phenoxy) is 4. The van der Waals surface area contributed by atoms with E-state index in [1.165, 1.54) is 12.0 Å². The number of fused-ring (bicyclic) bond motifs is 1. The van der Waals surface area contributed by atoms with Crippen molar-refractivity contribution in [1.29, 1.82) is 0 Å². The Labute approximate surface area is 172 Å². The van der Waals surface area contributed by atoms with Gasteiger partial charge in [-0.05, 0) is 35.4 Å². The molecule has 156 valence electrons. The zero-order chi connectivity index (χ0) is 21.1. The highest BCUT2D eigenvalue weighted by Gasteiger charge is 2.38. The van der Waals surface area contributed by atoms with Crippen molar-refractivity contribution in [3.63, 3.8) is 0 Å². The van der Waals surface area contributed by atoms with Crippen molar-refractivity contribution < 1.29 is 33.3 Å². The summed E-state index contributed by atoms with van der Waals surface area (Å²) in [5.74, 6) is 0.551. The summed E-state index contributed by atoms with van der Waals surface area (Å²) in [5.41, 5.74) is 2.01. The molecule has 2 aliphatic heterocycles. The number of esters is 1. The van der Waals surface area contributed by atoms with Gasteiger partial charge >= 0.3 is 12.1 Å². The second-order valence-electron chi connectivity index (χ2n) is 6.81. The molecule has 0 aromatic heterocycles. The Balaban J connectivity index is 1.38. The summed E-state index contributed by atoms with van der Waals surface area (Å²) in [7, 11) is 1.31. The Morgan fingerprint density at radius 3 is 2.57 bits per heavy atom. The van der Waals surface area contributed by atoms with Crippen LogP contribution in [0.1, 0.15) is 21.5 Å². The van der Waals surface area contributed by atoms with Crippen LogP contribution in [0.4, 0.5) is 4.79 Å². The van der Waals surface area contributed by atoms with Gasteiger partial charge in [-0.1, -0.05) is 18.2 Å². The first-order chi connectivity index (χ1) is 14.5. The maximum Gasteiger partial charge on any atom is 0.410 e. The van der Waals surface area contributed by atoms with Gasteiger partial charge in [0.2, 0.25) is 12.7 Å². The molecule has 0 radical (unpaired) electrons. The molecular formula is C21H20N2O7. The Hall–Kier alpha value is -3.75. The molecule has 2 aromatic carbocycles. The number of hydrogen-bond donors (Lipinski definition) is 1. The molecule has 9 heteroatoms. The number of benzene rings is 2. The first-order valence-corrected chi connectivity index (χ1v) is 9.32. The lowest BCUT2D eigenvalue weighted by atomic mass is 10.1. The molecule has 4 rings (SSSR count). The Bertz CT molecular complexity index is 974. The Morgan fingerprint density at radius 1 is 1.07 bits per heavy atom. The fourth-order valence-electron chi connectivity index (χ4n) is 3.26. The third-order valence-electron chi connectivity index (χ3n) is 4.91. The van der Waals surface area contributed by atoms with E-state index in [2.05, 4.69) is 10.1 Å². The van der Waals surface area contributed by atoms with Gasteiger partial charge in [0, 0.05) is 6.54 Å². The summed E-state index contributed by atoms with van der Waals surface area (Å²) < 4.78 is 20.4. The summed E-state index contributed by atoms with van der Waals surface area (Å²) in [5, 5.41) is 2.83. The largest absolute Gasteiger partial charge is 0.465 e. The highest BCUT2D eigenvalue weighted by molar-refractivity contribution is 5.89. The zero-order valence-electron chi connectivity index (χ0n) is 16.3. The van der Waals surface area contributed by atoms with Crippen molar-refractivity contribution in [2.24, 2.45) is 0 Å². The maximum absolute atomic E-state index is 12.7. The van der Waals surface area contributed by atoms with Gasteiger partial charge in [0.25, 0.3) is 0 Å². The van der Waals surface area contributed by atoms with Crippen LogP contribution in [0.15, 0.2) is 42.5 Å². The van der Waals surface area contributed by atoms with Crippen molar-refractivity contribution in [1.82, 2.24) is 10.2 Å². The number of carbonyl (C=O) groups excluding carboxylic acids is 3. The Morgan fingerprint density at radius 2 is 1.80 bits per heavy atom. The first kappa shape index (κ1) is 19.6. The number of cyclic esters (lactones) is 1. The minimum Gasteiger partial charge on any atom is -0.465 e. The number of nitrogens with one attached hydrogen (secondary N) is 1. The van der Waals surface area contributed by atoms with Crippen LogP contribution >= 0.6 is 0 Å². The van der Waals surface area contributed by atoms with E-state index in [-0.39, 0.29) is 32.4 Å². The van der Waals surface area contributed by atoms with Crippen LogP contribution in [0.2, 0.25) is 0 Å². The lowest BCUT2D eigenvalue weighted by molar-refractivity contribution is -0.125. The monoisotopic (exact) mass is 412 g/mol. The van der Waals surface area contributed by atoms with Gasteiger partial charge in [0.1, 0.15) is 12.6 Å². The van der Waals surface area contributed by atoms with Crippen LogP contribution in [0.5, 0.6) is 11.5 Å². The molecule has 1 N–H and O–H groups in total. The Kier molecular flexibility index (Phi) is 5.42. The van der Waals surface area contributed by atoms with E-state index >= 15 is 0 Å². The summed E-state index contributed by atoms with van der Waals surface area (Å²) in [6.07, 6.45) is -0.560. The SMILES string of the molecule is COC(=O)c1ccc(CN2C(=O)OC[C@H]2C(=O)NCc2ccc3c(c2)OCO3)cc1. The van der Waals surface area contributed by atoms with Crippen molar-refractivity contribution in [2.45, 2.75) is 19.1 Å². The topological polar surface area (TPSA) is 103 Å². The second-order valence-corrected chi connectivity index (χ2v) is 6.81. The highest BCUT2D eigenvalue weighted by Crippen LogP contribution is 2.32. The van der Waals surface area contributed by atoms with E-state index in [4.69, 9.17) is 14.2 Å². The minimum absolute atomic E-state index is 0.0218. The van der Waals surface area contributed by atoms with Gasteiger partial charge < -0.3 is 24.3 Å². The molecule has 30 heavy (non-hydrogen) atoms. The molecule has 0 aliphatic carbocycles. The molecule has 2 heterocycles. The molecule has 9 nitrogen and oxygen atoms in total. The molecule has 2 aromatic rings. The third-order valence-corrected chi connectivity index (χ3v) is 4.91. The third kappa shape index (κ3) is 4.00. The van der Waals surface area contributed by atoms with Crippen LogP contribution in [0, 0.1) is 0 Å². The summed E-state index contributed by atoms with van der Waals surface area (Å²) >= 11 is 0. The molecule has 1 atom stereocenters. The van der Waals surface area contributed by atoms with Crippen LogP contribution < -0.4 is 14.8 Å². The molecule has 0 saturated carbocycles. The number of methoxy groups -OCH3 is 1. The highest BCUT2D eigenvalue weighted by atomic mass is 16.7. The van der Waals surface area contributed by atoms with Gasteiger partial charge in [0.05, 0.1) is 19.2 Å². The smallest absolute Gasteiger partial charge is 0.410 e. The van der Waals surface area contributed by atoms with E-state index in [9.17, 15) is 14.4 Å². The number of amides is 2. The van der Waals surface area contributed by atoms with Gasteiger partial charge in [-0.25, -0.2) is 9.59 Å². The predicted molar refractivity (Wildman–Crippen MR) is 103 cm³/mol. The number of carbonyl (C=O) groups is 3. The normalized spacial score (nSPS) is 16.9. The fourth-order valence-corrected chi connectivity index (χ4v) is 3.26. The van der Waals surface area contributed by atoms with Crippen molar-refractivity contribution >= 4 is 18.0 Å². The van der Waals surface area contributed by atoms with Crippen molar-refractivity contribution in [2.75, 3.05) is 20.5 Å². The number of hydrogen-bond acceptors (Lipinski definition) is 7. The quantitative estimate of drug-likeness (QED) is 0.722. The van der Waals surface area contributed by atoms with Crippen molar-refractivity contribution in [3.8, 4) is 11.5 Å². The van der Waals surface area contributed by atoms with Crippen LogP contribution in [-0.4, -0.2) is 49.4 Å². The zero-order valence-corrected chi connectivity index (χ0v) is 16.3. The summed E-state index contributed by atoms with van der Waals surface area (Å²) in [6.45, 7) is 0.624. The average molecular weight is 412 g/mol. The first-order valence-electron chi connectivity index (χ1n) is 9.32. The van der Waals surface area contributed by atoms with Gasteiger partial charge in [-0.15, -0.1) is 0 Å². The van der Waals surface area contributed by atoms with E-state index < -0.39 is 18.1 Å². The fraction of sp³-hybridized carbons (Fsp3) is 0.286. The lowest BCUT2D eigenvalue weighted by Crippen LogP contribution is -2.45. The minimum atomic E-state index is -0.744. The average Bonchev–Trinajstić information content (AvgIpc) is 3.38. The van der Waals surface area contributed by atoms with Crippen LogP contribution in [0.3, 0.4) is 0 Å². The molecule has 0 bridgehead atoms. The van der Waals surface area contributed by atoms with E-state index in [1.807, 2.05) is 6.07 Å². The van der Waals surface area contributed by atoms with Crippen LogP contribution in [-0.2, 0) is 27.4 Å². The molecule has 0 spiro atoms. The number of rotatable bonds is 6. The van der Waals surface area contributed by atoms with Gasteiger partial charge in [-0.2, -0.15) is 0 Å². The molecule has 2 amide bonds. The van der Waals surface area contributed by atoms with E-state index in [0.717, 1.165) is 11.1 Å². The van der Waals surface area contributed by atoms with Gasteiger partial charge in [0.15, 0.2) is 11.5 Å². The summed E-state index contributed by atoms with van der Waals surface area (Å²) in [6, 6.07) is 11.3. The standard InChI is InChI=1S/C21H20N2O7/c1-27-20(25)15-5-2-13(3-6-15)10-23-16(11-28-21(23)26)19(24)22-9-14-4-7-17-18(8-14)30-12-29-17/h2-8,16H,9-12H2,1H3,(H,22,24)/t16-/m0/s1. The maximum atomic E-state index is 12.7. The molecule has 1 saturated heterocycles. The molecule has 1 fully saturated rings. The second kappa shape index (κ2) is 8.32. The summed E-state index contributed by atoms with van der Waals surface area (Å²) in [4.78, 5) is 37.7. The van der Waals surface area contributed by atoms with Crippen molar-refractivity contribution in [3.05, 3.63) is 59.2 Å². The number of nitrogens with zero attached hydrogens (tertiary/aromatic N) is 1. The van der Waals surface area contributed by atoms with E-state index in [1.54, 1.807) is 36.4 Å². The van der Waals surface area contributed by atoms with Gasteiger partial charge in [-0.3, -0.25) is 9.69 Å². The molecular weight excluding hydrogens is 392 g/mol. The molecule has 0 unspecified atom stereocenters. The predicted octanol–water partition coefficient (Wildman–Crippen LogP) is 1.84. The molecule has 2 aliphatic rings. The van der Waals surface area contributed by atoms with E-state index in [0.29, 0.717) is 17.1 Å².